The first kappa shape index (κ1) is 17.1. The largest absolute Gasteiger partial charge is 0.453 e. The second-order valence-corrected chi connectivity index (χ2v) is 5.58. The third-order valence-corrected chi connectivity index (χ3v) is 3.97. The number of piperidine rings is 1. The fraction of sp³-hybridized carbons (Fsp3) is 0.562. The number of methoxy groups -OCH3 is 1. The van der Waals surface area contributed by atoms with E-state index in [-0.39, 0.29) is 5.91 Å². The Balaban J connectivity index is 1.79. The predicted molar refractivity (Wildman–Crippen MR) is 87.2 cm³/mol. The van der Waals surface area contributed by atoms with Gasteiger partial charge < -0.3 is 15.4 Å². The number of nitrogens with one attached hydrogen (secondary N) is 2. The Morgan fingerprint density at radius 1 is 1.39 bits per heavy atom. The van der Waals surface area contributed by atoms with E-state index in [1.807, 2.05) is 13.0 Å². The van der Waals surface area contributed by atoms with Gasteiger partial charge in [0.2, 0.25) is 5.91 Å². The van der Waals surface area contributed by atoms with Gasteiger partial charge in [0.15, 0.2) is 0 Å². The quantitative estimate of drug-likeness (QED) is 0.804. The van der Waals surface area contributed by atoms with Gasteiger partial charge >= 0.3 is 6.09 Å². The lowest BCUT2D eigenvalue weighted by atomic mass is 10.0. The number of anilines is 1. The Labute approximate surface area is 136 Å². The molecule has 1 aromatic rings. The molecule has 126 valence electrons. The molecule has 7 nitrogen and oxygen atoms in total. The highest BCUT2D eigenvalue weighted by molar-refractivity contribution is 5.85. The topological polar surface area (TPSA) is 83.6 Å². The van der Waals surface area contributed by atoms with Crippen LogP contribution in [0.5, 0.6) is 0 Å². The summed E-state index contributed by atoms with van der Waals surface area (Å²) in [6.07, 6.45) is 5.61. The van der Waals surface area contributed by atoms with Crippen LogP contribution in [0.1, 0.15) is 24.8 Å². The predicted octanol–water partition coefficient (Wildman–Crippen LogP) is 1.54. The van der Waals surface area contributed by atoms with E-state index in [0.717, 1.165) is 24.1 Å². The Hall–Kier alpha value is -2.31. The number of likely N-dealkylation sites (tertiary alicyclic amines) is 1. The van der Waals surface area contributed by atoms with Gasteiger partial charge in [-0.05, 0) is 37.8 Å². The third-order valence-electron chi connectivity index (χ3n) is 3.97. The van der Waals surface area contributed by atoms with Crippen molar-refractivity contribution in [1.29, 1.82) is 0 Å². The van der Waals surface area contributed by atoms with E-state index in [4.69, 9.17) is 4.74 Å². The summed E-state index contributed by atoms with van der Waals surface area (Å²) in [5, 5.41) is 6.14. The fourth-order valence-corrected chi connectivity index (χ4v) is 2.71. The van der Waals surface area contributed by atoms with Gasteiger partial charge in [0, 0.05) is 37.7 Å². The molecule has 0 aromatic carbocycles. The van der Waals surface area contributed by atoms with Gasteiger partial charge in [-0.2, -0.15) is 0 Å². The Kier molecular flexibility index (Phi) is 6.19. The van der Waals surface area contributed by atoms with Gasteiger partial charge in [0.1, 0.15) is 6.04 Å². The maximum Gasteiger partial charge on any atom is 0.410 e. The lowest BCUT2D eigenvalue weighted by Gasteiger charge is -2.33. The molecule has 0 aliphatic carbocycles. The van der Waals surface area contributed by atoms with Crippen molar-refractivity contribution in [2.45, 2.75) is 32.2 Å². The fourth-order valence-electron chi connectivity index (χ4n) is 2.71. The molecule has 1 atom stereocenters. The number of rotatable bonds is 5. The molecule has 2 heterocycles. The molecule has 23 heavy (non-hydrogen) atoms. The molecule has 0 unspecified atom stereocenters. The zero-order valence-corrected chi connectivity index (χ0v) is 13.7. The van der Waals surface area contributed by atoms with Crippen molar-refractivity contribution in [3.63, 3.8) is 0 Å². The zero-order chi connectivity index (χ0) is 16.7. The van der Waals surface area contributed by atoms with E-state index >= 15 is 0 Å². The van der Waals surface area contributed by atoms with Crippen LogP contribution in [0, 0.1) is 6.92 Å². The Morgan fingerprint density at radius 2 is 2.22 bits per heavy atom. The summed E-state index contributed by atoms with van der Waals surface area (Å²) in [5.41, 5.74) is 2.06. The van der Waals surface area contributed by atoms with Gasteiger partial charge in [0.25, 0.3) is 0 Å². The molecular formula is C16H24N4O3. The minimum atomic E-state index is -0.435. The SMILES string of the molecule is COC(=O)N1CCCC[C@H]1C(=O)NCCNc1ccncc1C. The van der Waals surface area contributed by atoms with Crippen LogP contribution < -0.4 is 10.6 Å². The van der Waals surface area contributed by atoms with Crippen LogP contribution in [-0.4, -0.2) is 54.7 Å². The number of nitrogens with zero attached hydrogens (tertiary/aromatic N) is 2. The van der Waals surface area contributed by atoms with Gasteiger partial charge in [-0.1, -0.05) is 0 Å². The van der Waals surface area contributed by atoms with Gasteiger partial charge in [-0.25, -0.2) is 4.79 Å². The number of ether oxygens (including phenoxy) is 1. The number of carbonyl (C=O) groups is 2. The lowest BCUT2D eigenvalue weighted by Crippen LogP contribution is -2.52. The first-order valence-electron chi connectivity index (χ1n) is 7.90. The maximum atomic E-state index is 12.3. The van der Waals surface area contributed by atoms with E-state index in [2.05, 4.69) is 15.6 Å². The van der Waals surface area contributed by atoms with Crippen molar-refractivity contribution < 1.29 is 14.3 Å². The summed E-state index contributed by atoms with van der Waals surface area (Å²) < 4.78 is 4.76. The standard InChI is InChI=1S/C16H24N4O3/c1-12-11-17-7-6-13(12)18-8-9-19-15(21)14-5-3-4-10-20(14)16(22)23-2/h6-7,11,14H,3-5,8-10H2,1-2H3,(H,17,18)(H,19,21)/t14-/m0/s1. The summed E-state index contributed by atoms with van der Waals surface area (Å²) in [6.45, 7) is 3.65. The molecule has 2 amide bonds. The Morgan fingerprint density at radius 3 is 2.96 bits per heavy atom. The van der Waals surface area contributed by atoms with Crippen LogP contribution in [0.15, 0.2) is 18.5 Å². The molecule has 2 N–H and O–H groups in total. The van der Waals surface area contributed by atoms with Crippen molar-refractivity contribution in [3.05, 3.63) is 24.0 Å². The summed E-state index contributed by atoms with van der Waals surface area (Å²) in [7, 11) is 1.34. The van der Waals surface area contributed by atoms with Crippen molar-refractivity contribution in [2.75, 3.05) is 32.1 Å². The molecule has 1 saturated heterocycles. The van der Waals surface area contributed by atoms with E-state index in [1.165, 1.54) is 12.0 Å². The average molecular weight is 320 g/mol. The van der Waals surface area contributed by atoms with Crippen molar-refractivity contribution in [3.8, 4) is 0 Å². The lowest BCUT2D eigenvalue weighted by molar-refractivity contribution is -0.126. The second-order valence-electron chi connectivity index (χ2n) is 5.58. The molecule has 0 bridgehead atoms. The van der Waals surface area contributed by atoms with Crippen LogP contribution in [0.3, 0.4) is 0 Å². The minimum absolute atomic E-state index is 0.122. The number of aryl methyl sites for hydroxylation is 1. The molecule has 2 rings (SSSR count). The van der Waals surface area contributed by atoms with Crippen LogP contribution >= 0.6 is 0 Å². The monoisotopic (exact) mass is 320 g/mol. The molecule has 7 heteroatoms. The van der Waals surface area contributed by atoms with E-state index in [1.54, 1.807) is 12.4 Å². The van der Waals surface area contributed by atoms with Crippen LogP contribution in [0.4, 0.5) is 10.5 Å². The van der Waals surface area contributed by atoms with Crippen LogP contribution in [0.2, 0.25) is 0 Å². The Bertz CT molecular complexity index is 550. The molecule has 1 aliphatic heterocycles. The highest BCUT2D eigenvalue weighted by atomic mass is 16.5. The molecular weight excluding hydrogens is 296 g/mol. The number of amides is 2. The van der Waals surface area contributed by atoms with E-state index in [9.17, 15) is 9.59 Å². The number of carbonyl (C=O) groups excluding carboxylic acids is 2. The van der Waals surface area contributed by atoms with E-state index < -0.39 is 12.1 Å². The first-order chi connectivity index (χ1) is 11.1. The normalized spacial score (nSPS) is 17.5. The molecule has 0 radical (unpaired) electrons. The second kappa shape index (κ2) is 8.36. The number of hydrogen-bond donors (Lipinski definition) is 2. The van der Waals surface area contributed by atoms with Gasteiger partial charge in [0.05, 0.1) is 7.11 Å². The summed E-state index contributed by atoms with van der Waals surface area (Å²) in [5.74, 6) is -0.122. The smallest absolute Gasteiger partial charge is 0.410 e. The number of hydrogen-bond acceptors (Lipinski definition) is 5. The summed E-state index contributed by atoms with van der Waals surface area (Å²) in [6, 6.07) is 1.47. The van der Waals surface area contributed by atoms with E-state index in [0.29, 0.717) is 26.1 Å². The summed E-state index contributed by atoms with van der Waals surface area (Å²) >= 11 is 0. The minimum Gasteiger partial charge on any atom is -0.453 e. The van der Waals surface area contributed by atoms with Crippen LogP contribution in [0.25, 0.3) is 0 Å². The number of aromatic nitrogens is 1. The molecule has 0 saturated carbocycles. The highest BCUT2D eigenvalue weighted by Gasteiger charge is 2.32. The zero-order valence-electron chi connectivity index (χ0n) is 13.7. The first-order valence-corrected chi connectivity index (χ1v) is 7.90. The van der Waals surface area contributed by atoms with Gasteiger partial charge in [-0.15, -0.1) is 0 Å². The molecule has 0 spiro atoms. The molecule has 1 fully saturated rings. The van der Waals surface area contributed by atoms with Crippen molar-refractivity contribution in [2.24, 2.45) is 0 Å². The van der Waals surface area contributed by atoms with Crippen molar-refractivity contribution >= 4 is 17.7 Å². The van der Waals surface area contributed by atoms with Gasteiger partial charge in [-0.3, -0.25) is 14.7 Å². The average Bonchev–Trinajstić information content (AvgIpc) is 2.59. The highest BCUT2D eigenvalue weighted by Crippen LogP contribution is 2.18. The molecule has 1 aromatic heterocycles. The third kappa shape index (κ3) is 4.58. The number of pyridine rings is 1. The summed E-state index contributed by atoms with van der Waals surface area (Å²) in [4.78, 5) is 29.6. The maximum absolute atomic E-state index is 12.3. The van der Waals surface area contributed by atoms with Crippen LogP contribution in [-0.2, 0) is 9.53 Å². The van der Waals surface area contributed by atoms with Crippen molar-refractivity contribution in [1.82, 2.24) is 15.2 Å². The molecule has 1 aliphatic rings.